The SMILES string of the molecule is CCc1cc(N(C)CCCl)ncn1. The van der Waals surface area contributed by atoms with Crippen LogP contribution in [0.5, 0.6) is 0 Å². The minimum Gasteiger partial charge on any atom is -0.358 e. The van der Waals surface area contributed by atoms with Crippen LogP contribution in [0.15, 0.2) is 12.4 Å². The van der Waals surface area contributed by atoms with Gasteiger partial charge in [-0.15, -0.1) is 11.6 Å². The van der Waals surface area contributed by atoms with Gasteiger partial charge >= 0.3 is 0 Å². The molecule has 1 aromatic heterocycles. The topological polar surface area (TPSA) is 29.0 Å². The quantitative estimate of drug-likeness (QED) is 0.692. The van der Waals surface area contributed by atoms with E-state index >= 15 is 0 Å². The van der Waals surface area contributed by atoms with E-state index in [2.05, 4.69) is 16.9 Å². The van der Waals surface area contributed by atoms with Crippen LogP contribution >= 0.6 is 11.6 Å². The molecule has 0 N–H and O–H groups in total. The van der Waals surface area contributed by atoms with Gasteiger partial charge in [-0.2, -0.15) is 0 Å². The number of hydrogen-bond donors (Lipinski definition) is 0. The number of anilines is 1. The Morgan fingerprint density at radius 2 is 2.23 bits per heavy atom. The molecule has 1 aromatic rings. The molecule has 1 rings (SSSR count). The first-order valence-corrected chi connectivity index (χ1v) is 4.89. The molecule has 0 amide bonds. The Morgan fingerprint density at radius 3 is 2.85 bits per heavy atom. The number of aromatic nitrogens is 2. The molecule has 0 spiro atoms. The van der Waals surface area contributed by atoms with Crippen molar-refractivity contribution in [3.05, 3.63) is 18.1 Å². The molecule has 0 saturated carbocycles. The second-order valence-corrected chi connectivity index (χ2v) is 3.21. The highest BCUT2D eigenvalue weighted by Gasteiger charge is 2.01. The predicted molar refractivity (Wildman–Crippen MR) is 55.4 cm³/mol. The Kier molecular flexibility index (Phi) is 3.96. The highest BCUT2D eigenvalue weighted by molar-refractivity contribution is 6.18. The summed E-state index contributed by atoms with van der Waals surface area (Å²) in [6, 6.07) is 1.99. The molecule has 0 saturated heterocycles. The van der Waals surface area contributed by atoms with Gasteiger partial charge in [-0.25, -0.2) is 9.97 Å². The third kappa shape index (κ3) is 2.84. The van der Waals surface area contributed by atoms with Crippen LogP contribution in [0.2, 0.25) is 0 Å². The summed E-state index contributed by atoms with van der Waals surface area (Å²) in [5.74, 6) is 1.55. The molecule has 3 nitrogen and oxygen atoms in total. The fraction of sp³-hybridized carbons (Fsp3) is 0.556. The molecule has 72 valence electrons. The third-order valence-electron chi connectivity index (χ3n) is 1.88. The van der Waals surface area contributed by atoms with E-state index in [1.165, 1.54) is 0 Å². The lowest BCUT2D eigenvalue weighted by Crippen LogP contribution is -2.20. The number of rotatable bonds is 4. The molecular formula is C9H14ClN3. The predicted octanol–water partition coefficient (Wildman–Crippen LogP) is 1.71. The van der Waals surface area contributed by atoms with Crippen molar-refractivity contribution in [2.45, 2.75) is 13.3 Å². The Balaban J connectivity index is 2.75. The summed E-state index contributed by atoms with van der Waals surface area (Å²) in [5.41, 5.74) is 1.06. The molecule has 0 aliphatic heterocycles. The minimum atomic E-state index is 0.613. The molecule has 1 heterocycles. The molecule has 0 aromatic carbocycles. The summed E-state index contributed by atoms with van der Waals surface area (Å²) >= 11 is 5.63. The van der Waals surface area contributed by atoms with Crippen LogP contribution in [0.25, 0.3) is 0 Å². The molecule has 0 aliphatic rings. The molecule has 4 heteroatoms. The highest BCUT2D eigenvalue weighted by Crippen LogP contribution is 2.08. The van der Waals surface area contributed by atoms with Crippen molar-refractivity contribution >= 4 is 17.4 Å². The molecule has 0 fully saturated rings. The average Bonchev–Trinajstić information content (AvgIpc) is 2.18. The number of hydrogen-bond acceptors (Lipinski definition) is 3. The van der Waals surface area contributed by atoms with Crippen LogP contribution in [-0.2, 0) is 6.42 Å². The Hall–Kier alpha value is -0.830. The Labute approximate surface area is 83.8 Å². The molecule has 13 heavy (non-hydrogen) atoms. The summed E-state index contributed by atoms with van der Waals surface area (Å²) in [6.45, 7) is 2.88. The number of nitrogens with zero attached hydrogens (tertiary/aromatic N) is 3. The molecule has 0 bridgehead atoms. The van der Waals surface area contributed by atoms with Gasteiger partial charge in [0.25, 0.3) is 0 Å². The fourth-order valence-corrected chi connectivity index (χ4v) is 1.28. The normalized spacial score (nSPS) is 10.1. The van der Waals surface area contributed by atoms with Crippen molar-refractivity contribution in [2.24, 2.45) is 0 Å². The largest absolute Gasteiger partial charge is 0.358 e. The fourth-order valence-electron chi connectivity index (χ4n) is 1.03. The lowest BCUT2D eigenvalue weighted by atomic mass is 10.3. The van der Waals surface area contributed by atoms with Crippen LogP contribution in [0, 0.1) is 0 Å². The standard InChI is InChI=1S/C9H14ClN3/c1-3-8-6-9(12-7-11-8)13(2)5-4-10/h6-7H,3-5H2,1-2H3. The van der Waals surface area contributed by atoms with Gasteiger partial charge in [-0.1, -0.05) is 6.92 Å². The van der Waals surface area contributed by atoms with Crippen LogP contribution in [0.3, 0.4) is 0 Å². The lowest BCUT2D eigenvalue weighted by molar-refractivity contribution is 0.911. The average molecular weight is 200 g/mol. The van der Waals surface area contributed by atoms with Crippen molar-refractivity contribution in [1.82, 2.24) is 9.97 Å². The number of halogens is 1. The molecule has 0 aliphatic carbocycles. The Morgan fingerprint density at radius 1 is 1.46 bits per heavy atom. The van der Waals surface area contributed by atoms with Gasteiger partial charge in [-0.3, -0.25) is 0 Å². The van der Waals surface area contributed by atoms with E-state index in [-0.39, 0.29) is 0 Å². The van der Waals surface area contributed by atoms with E-state index in [0.29, 0.717) is 5.88 Å². The first kappa shape index (κ1) is 10.3. The second-order valence-electron chi connectivity index (χ2n) is 2.83. The molecule has 0 unspecified atom stereocenters. The summed E-state index contributed by atoms with van der Waals surface area (Å²) in [7, 11) is 1.98. The van der Waals surface area contributed by atoms with Gasteiger partial charge in [-0.05, 0) is 6.42 Å². The maximum atomic E-state index is 5.63. The van der Waals surface area contributed by atoms with Crippen LogP contribution in [-0.4, -0.2) is 29.4 Å². The number of alkyl halides is 1. The van der Waals surface area contributed by atoms with E-state index in [9.17, 15) is 0 Å². The van der Waals surface area contributed by atoms with Gasteiger partial charge in [0.1, 0.15) is 12.1 Å². The molecule has 0 radical (unpaired) electrons. The van der Waals surface area contributed by atoms with E-state index in [1.54, 1.807) is 6.33 Å². The van der Waals surface area contributed by atoms with Crippen LogP contribution in [0.4, 0.5) is 5.82 Å². The van der Waals surface area contributed by atoms with Crippen molar-refractivity contribution in [3.63, 3.8) is 0 Å². The van der Waals surface area contributed by atoms with Gasteiger partial charge in [0.2, 0.25) is 0 Å². The van der Waals surface area contributed by atoms with Crippen LogP contribution < -0.4 is 4.90 Å². The zero-order chi connectivity index (χ0) is 9.68. The second kappa shape index (κ2) is 5.02. The smallest absolute Gasteiger partial charge is 0.131 e. The van der Waals surface area contributed by atoms with Crippen molar-refractivity contribution in [2.75, 3.05) is 24.4 Å². The Bertz CT molecular complexity index is 265. The maximum absolute atomic E-state index is 5.63. The summed E-state index contributed by atoms with van der Waals surface area (Å²) in [6.07, 6.45) is 2.53. The maximum Gasteiger partial charge on any atom is 0.131 e. The zero-order valence-electron chi connectivity index (χ0n) is 8.00. The van der Waals surface area contributed by atoms with Gasteiger partial charge in [0, 0.05) is 31.2 Å². The van der Waals surface area contributed by atoms with Crippen LogP contribution in [0.1, 0.15) is 12.6 Å². The summed E-state index contributed by atoms with van der Waals surface area (Å²) < 4.78 is 0. The van der Waals surface area contributed by atoms with E-state index < -0.39 is 0 Å². The highest BCUT2D eigenvalue weighted by atomic mass is 35.5. The van der Waals surface area contributed by atoms with E-state index in [1.807, 2.05) is 18.0 Å². The van der Waals surface area contributed by atoms with Crippen molar-refractivity contribution in [3.8, 4) is 0 Å². The monoisotopic (exact) mass is 199 g/mol. The van der Waals surface area contributed by atoms with Crippen molar-refractivity contribution < 1.29 is 0 Å². The number of aryl methyl sites for hydroxylation is 1. The zero-order valence-corrected chi connectivity index (χ0v) is 8.75. The first-order chi connectivity index (χ1) is 6.27. The molecule has 0 atom stereocenters. The van der Waals surface area contributed by atoms with E-state index in [4.69, 9.17) is 11.6 Å². The summed E-state index contributed by atoms with van der Waals surface area (Å²) in [4.78, 5) is 10.3. The summed E-state index contributed by atoms with van der Waals surface area (Å²) in [5, 5.41) is 0. The minimum absolute atomic E-state index is 0.613. The lowest BCUT2D eigenvalue weighted by Gasteiger charge is -2.16. The van der Waals surface area contributed by atoms with E-state index in [0.717, 1.165) is 24.5 Å². The van der Waals surface area contributed by atoms with Crippen molar-refractivity contribution in [1.29, 1.82) is 0 Å². The molecular weight excluding hydrogens is 186 g/mol. The third-order valence-corrected chi connectivity index (χ3v) is 2.05. The van der Waals surface area contributed by atoms with Gasteiger partial charge < -0.3 is 4.90 Å². The first-order valence-electron chi connectivity index (χ1n) is 4.36. The van der Waals surface area contributed by atoms with Gasteiger partial charge in [0.05, 0.1) is 0 Å². The van der Waals surface area contributed by atoms with Gasteiger partial charge in [0.15, 0.2) is 0 Å².